The van der Waals surface area contributed by atoms with Gasteiger partial charge in [-0.05, 0) is 24.3 Å². The second-order valence-corrected chi connectivity index (χ2v) is 6.94. The molecule has 1 radical (unpaired) electrons. The van der Waals surface area contributed by atoms with Crippen molar-refractivity contribution in [2.75, 3.05) is 19.5 Å². The van der Waals surface area contributed by atoms with E-state index in [9.17, 15) is 27.9 Å². The smallest absolute Gasteiger partial charge is 0.495 e. The van der Waals surface area contributed by atoms with Crippen LogP contribution in [0.15, 0.2) is 47.4 Å². The average Bonchev–Trinajstić information content (AvgIpc) is 3.21. The van der Waals surface area contributed by atoms with Gasteiger partial charge in [-0.2, -0.15) is 0 Å². The summed E-state index contributed by atoms with van der Waals surface area (Å²) in [5, 5.41) is 31.5. The van der Waals surface area contributed by atoms with Crippen molar-refractivity contribution in [2.45, 2.75) is 4.90 Å². The van der Waals surface area contributed by atoms with Crippen LogP contribution >= 0.6 is 0 Å². The van der Waals surface area contributed by atoms with Crippen molar-refractivity contribution < 1.29 is 42.4 Å². The molecule has 3 N–H and O–H groups in total. The summed E-state index contributed by atoms with van der Waals surface area (Å²) in [7, 11) is -2.63. The summed E-state index contributed by atoms with van der Waals surface area (Å²) in [5.74, 6) is -0.255. The molecular formula is C16H16N6NaO9S. The Bertz CT molecular complexity index is 1220. The Balaban J connectivity index is 0.000000322. The Morgan fingerprint density at radius 1 is 1.18 bits per heavy atom. The van der Waals surface area contributed by atoms with E-state index in [0.29, 0.717) is 4.68 Å². The van der Waals surface area contributed by atoms with Crippen molar-refractivity contribution >= 4 is 63.1 Å². The van der Waals surface area contributed by atoms with E-state index in [1.807, 2.05) is 18.2 Å². The van der Waals surface area contributed by atoms with Gasteiger partial charge in [0.15, 0.2) is 5.75 Å². The molecular weight excluding hydrogens is 475 g/mol. The summed E-state index contributed by atoms with van der Waals surface area (Å²) in [6, 6.07) is 11.0. The van der Waals surface area contributed by atoms with Crippen LogP contribution in [0.5, 0.6) is 11.5 Å². The van der Waals surface area contributed by atoms with Crippen LogP contribution in [-0.2, 0) is 10.1 Å². The quantitative estimate of drug-likeness (QED) is 0.158. The number of benzene rings is 2. The van der Waals surface area contributed by atoms with Crippen LogP contribution < -0.4 is 19.9 Å². The first kappa shape index (κ1) is 27.7. The van der Waals surface area contributed by atoms with E-state index in [1.54, 1.807) is 12.1 Å². The number of hydrogen-bond acceptors (Lipinski definition) is 11. The predicted molar refractivity (Wildman–Crippen MR) is 110 cm³/mol. The molecule has 0 saturated carbocycles. The number of nitro groups is 1. The van der Waals surface area contributed by atoms with Gasteiger partial charge in [-0.25, -0.2) is 13.2 Å². The van der Waals surface area contributed by atoms with E-state index in [4.69, 9.17) is 14.6 Å². The summed E-state index contributed by atoms with van der Waals surface area (Å²) in [6.07, 6.45) is -1.21. The Morgan fingerprint density at radius 3 is 2.30 bits per heavy atom. The molecule has 1 heterocycles. The molecule has 171 valence electrons. The molecule has 17 heteroatoms. The first-order valence-electron chi connectivity index (χ1n) is 8.34. The second kappa shape index (κ2) is 12.1. The first-order valence-corrected chi connectivity index (χ1v) is 9.75. The van der Waals surface area contributed by atoms with Gasteiger partial charge in [0.1, 0.15) is 20.2 Å². The monoisotopic (exact) mass is 491 g/mol. The fourth-order valence-corrected chi connectivity index (χ4v) is 2.99. The number of para-hydroxylation sites is 1. The number of rotatable bonds is 6. The Labute approximate surface area is 208 Å². The number of nitro benzene ring substituents is 1. The van der Waals surface area contributed by atoms with Crippen molar-refractivity contribution in [2.24, 2.45) is 0 Å². The molecule has 15 nitrogen and oxygen atoms in total. The van der Waals surface area contributed by atoms with E-state index in [-0.39, 0.29) is 41.3 Å². The Morgan fingerprint density at radius 2 is 1.82 bits per heavy atom. The largest absolute Gasteiger partial charge is 0.744 e. The number of aromatic nitrogens is 4. The van der Waals surface area contributed by atoms with Gasteiger partial charge in [-0.1, -0.05) is 18.2 Å². The van der Waals surface area contributed by atoms with Crippen molar-refractivity contribution in [1.82, 2.24) is 15.1 Å². The molecule has 0 aliphatic rings. The summed E-state index contributed by atoms with van der Waals surface area (Å²) in [6.45, 7) is 0. The van der Waals surface area contributed by atoms with Gasteiger partial charge in [-0.3, -0.25) is 15.4 Å². The number of anilines is 2. The van der Waals surface area contributed by atoms with E-state index < -0.39 is 37.5 Å². The average molecular weight is 491 g/mol. The number of H-pyrrole nitrogens is 1. The van der Waals surface area contributed by atoms with Crippen LogP contribution in [0, 0.1) is 10.1 Å². The maximum absolute atomic E-state index is 10.9. The van der Waals surface area contributed by atoms with Crippen LogP contribution in [0.2, 0.25) is 0 Å². The zero-order valence-electron chi connectivity index (χ0n) is 17.5. The number of tetrazole rings is 1. The molecule has 0 fully saturated rings. The molecule has 0 spiro atoms. The topological polar surface area (TPSA) is 213 Å². The Hall–Kier alpha value is -3.31. The summed E-state index contributed by atoms with van der Waals surface area (Å²) in [4.78, 5) is 19.5. The third kappa shape index (κ3) is 7.09. The molecule has 0 aliphatic heterocycles. The van der Waals surface area contributed by atoms with Gasteiger partial charge in [0.2, 0.25) is 5.75 Å². The van der Waals surface area contributed by atoms with E-state index >= 15 is 0 Å². The molecule has 0 bridgehead atoms. The van der Waals surface area contributed by atoms with E-state index in [1.165, 1.54) is 7.11 Å². The minimum absolute atomic E-state index is 0. The molecule has 0 amide bonds. The maximum Gasteiger partial charge on any atom is 0.495 e. The van der Waals surface area contributed by atoms with Gasteiger partial charge >= 0.3 is 17.7 Å². The standard InChI is InChI=1S/C8H7N5O2.C8H9NO7S.Na/c14-8(15)13-7(10-11-12-13)9-6-4-2-1-3-5-6;1-15-5-3-4-6(17(12,13)14)7(9(10)11)8(5)16-2;/h1-5H,(H,14,15)(H,9,10,12);3-4H,1-2H3,(H,12,13,14);. The fourth-order valence-electron chi connectivity index (χ4n) is 2.35. The minimum Gasteiger partial charge on any atom is -0.744 e. The summed E-state index contributed by atoms with van der Waals surface area (Å²) >= 11 is 0. The zero-order chi connectivity index (χ0) is 23.9. The van der Waals surface area contributed by atoms with Crippen LogP contribution in [0.25, 0.3) is 0 Å². The number of carbonyl (C=O) groups is 1. The van der Waals surface area contributed by atoms with E-state index in [0.717, 1.165) is 24.9 Å². The van der Waals surface area contributed by atoms with Gasteiger partial charge in [-0.15, -0.1) is 5.10 Å². The number of hydrogen-bond donors (Lipinski definition) is 2. The molecule has 2 aromatic carbocycles. The van der Waals surface area contributed by atoms with Crippen molar-refractivity contribution in [3.8, 4) is 11.5 Å². The van der Waals surface area contributed by atoms with E-state index in [2.05, 4.69) is 20.8 Å². The second-order valence-electron chi connectivity index (χ2n) is 5.59. The van der Waals surface area contributed by atoms with Crippen LogP contribution in [0.4, 0.5) is 22.1 Å². The van der Waals surface area contributed by atoms with Gasteiger partial charge in [0.05, 0.1) is 30.0 Å². The minimum atomic E-state index is -4.96. The van der Waals surface area contributed by atoms with Crippen molar-refractivity contribution in [3.63, 3.8) is 0 Å². The third-order valence-electron chi connectivity index (χ3n) is 3.65. The molecule has 3 rings (SSSR count). The van der Waals surface area contributed by atoms with Gasteiger partial charge < -0.3 is 19.1 Å². The van der Waals surface area contributed by atoms with Crippen LogP contribution in [0.3, 0.4) is 0 Å². The van der Waals surface area contributed by atoms with Crippen LogP contribution in [-0.4, -0.2) is 88.0 Å². The fraction of sp³-hybridized carbons (Fsp3) is 0.125. The van der Waals surface area contributed by atoms with Gasteiger partial charge in [0, 0.05) is 34.2 Å². The molecule has 0 aliphatic carbocycles. The van der Waals surface area contributed by atoms with Crippen molar-refractivity contribution in [1.29, 1.82) is 0 Å². The molecule has 0 atom stereocenters. The number of nitrogens with zero attached hydrogens (tertiary/aromatic N) is 4. The normalized spacial score (nSPS) is 10.2. The molecule has 33 heavy (non-hydrogen) atoms. The molecule has 0 unspecified atom stereocenters. The first-order chi connectivity index (χ1) is 15.1. The summed E-state index contributed by atoms with van der Waals surface area (Å²) < 4.78 is 42.8. The molecule has 1 aromatic heterocycles. The number of nitrogens with one attached hydrogen (secondary N) is 2. The number of ether oxygens (including phenoxy) is 2. The predicted octanol–water partition coefficient (Wildman–Crippen LogP) is 0.497. The zero-order valence-corrected chi connectivity index (χ0v) is 20.3. The Kier molecular flexibility index (Phi) is 10.1. The molecule has 0 saturated heterocycles. The number of aromatic amines is 1. The molecule has 3 aromatic rings. The van der Waals surface area contributed by atoms with Gasteiger partial charge in [0.25, 0.3) is 0 Å². The third-order valence-corrected chi connectivity index (χ3v) is 4.52. The van der Waals surface area contributed by atoms with Crippen LogP contribution in [0.1, 0.15) is 0 Å². The van der Waals surface area contributed by atoms with Crippen molar-refractivity contribution in [3.05, 3.63) is 52.6 Å². The number of methoxy groups -OCH3 is 2. The number of carboxylic acid groups (broad SMARTS) is 1. The summed E-state index contributed by atoms with van der Waals surface area (Å²) in [5.41, 5.74) is -0.180. The maximum atomic E-state index is 10.9. The SMILES string of the molecule is COc1ccc(S(=O)(=O)[O-])c([N+](=O)[O-])c1OC.O=C(O)n1nn[nH+]c1Nc1ccccc1.[Na].